The maximum Gasteiger partial charge on any atom is 0.338 e. The number of esters is 1. The number of nitrogens with one attached hydrogen (secondary N) is 1. The highest BCUT2D eigenvalue weighted by atomic mass is 16.5. The number of H-pyrrole nitrogens is 1. The molecule has 34 heavy (non-hydrogen) atoms. The quantitative estimate of drug-likeness (QED) is 0.268. The second kappa shape index (κ2) is 9.80. The molecule has 0 spiro atoms. The number of aromatic hydroxyl groups is 2. The zero-order chi connectivity index (χ0) is 24.2. The zero-order valence-electron chi connectivity index (χ0n) is 19.4. The normalized spacial score (nSPS) is 11.8. The van der Waals surface area contributed by atoms with Crippen LogP contribution in [-0.2, 0) is 11.3 Å². The lowest BCUT2D eigenvalue weighted by molar-refractivity contribution is 0.0526. The van der Waals surface area contributed by atoms with Crippen LogP contribution in [0.15, 0.2) is 71.7 Å². The van der Waals surface area contributed by atoms with Crippen LogP contribution in [0.25, 0.3) is 10.9 Å². The summed E-state index contributed by atoms with van der Waals surface area (Å²) in [6.45, 7) is 2.64. The highest BCUT2D eigenvalue weighted by Crippen LogP contribution is 2.33. The van der Waals surface area contributed by atoms with E-state index in [4.69, 9.17) is 9.73 Å². The first kappa shape index (κ1) is 23.1. The smallest absolute Gasteiger partial charge is 0.338 e. The van der Waals surface area contributed by atoms with Gasteiger partial charge in [-0.25, -0.2) is 9.79 Å². The third-order valence-electron chi connectivity index (χ3n) is 5.37. The first-order valence-corrected chi connectivity index (χ1v) is 11.0. The van der Waals surface area contributed by atoms with Crippen LogP contribution in [0.1, 0.15) is 34.0 Å². The molecule has 7 nitrogen and oxygen atoms in total. The van der Waals surface area contributed by atoms with Gasteiger partial charge in [0.15, 0.2) is 5.88 Å². The largest absolute Gasteiger partial charge is 0.508 e. The predicted octanol–water partition coefficient (Wildman–Crippen LogP) is 4.99. The van der Waals surface area contributed by atoms with Crippen molar-refractivity contribution in [2.45, 2.75) is 13.5 Å². The number of phenols is 1. The summed E-state index contributed by atoms with van der Waals surface area (Å²) in [7, 11) is 3.87. The number of benzene rings is 3. The fourth-order valence-corrected chi connectivity index (χ4v) is 3.85. The first-order chi connectivity index (χ1) is 16.4. The van der Waals surface area contributed by atoms with Crippen molar-refractivity contribution in [3.8, 4) is 11.6 Å². The van der Waals surface area contributed by atoms with Crippen LogP contribution >= 0.6 is 0 Å². The number of phenolic OH excluding ortho intramolecular Hbond substituents is 1. The number of carbonyl (C=O) groups is 1. The van der Waals surface area contributed by atoms with Gasteiger partial charge in [-0.2, -0.15) is 0 Å². The number of aromatic amines is 1. The SMILES string of the molecule is CCOC(=O)c1ccc2c(C(=Nc3ccc(CN(C)C)c(O)c3)c3ccccc3)c(O)[nH]c2c1. The highest BCUT2D eigenvalue weighted by Gasteiger charge is 2.20. The second-order valence-electron chi connectivity index (χ2n) is 8.21. The second-order valence-corrected chi connectivity index (χ2v) is 8.21. The van der Waals surface area contributed by atoms with Crippen LogP contribution in [0.3, 0.4) is 0 Å². The Morgan fingerprint density at radius 2 is 1.76 bits per heavy atom. The van der Waals surface area contributed by atoms with E-state index in [-0.39, 0.29) is 18.2 Å². The van der Waals surface area contributed by atoms with Crippen molar-refractivity contribution in [3.05, 3.63) is 89.0 Å². The molecule has 0 atom stereocenters. The van der Waals surface area contributed by atoms with E-state index < -0.39 is 5.97 Å². The molecule has 0 saturated heterocycles. The van der Waals surface area contributed by atoms with Gasteiger partial charge in [-0.15, -0.1) is 0 Å². The molecule has 7 heteroatoms. The average molecular weight is 458 g/mol. The monoisotopic (exact) mass is 457 g/mol. The molecule has 0 radical (unpaired) electrons. The summed E-state index contributed by atoms with van der Waals surface area (Å²) < 4.78 is 5.09. The first-order valence-electron chi connectivity index (χ1n) is 11.0. The minimum atomic E-state index is -0.426. The third kappa shape index (κ3) is 4.79. The predicted molar refractivity (Wildman–Crippen MR) is 133 cm³/mol. The molecule has 0 aliphatic heterocycles. The number of nitrogens with zero attached hydrogens (tertiary/aromatic N) is 2. The van der Waals surface area contributed by atoms with Gasteiger partial charge in [-0.1, -0.05) is 42.5 Å². The Balaban J connectivity index is 1.85. The van der Waals surface area contributed by atoms with E-state index in [1.165, 1.54) is 0 Å². The fourth-order valence-electron chi connectivity index (χ4n) is 3.85. The molecule has 0 unspecified atom stereocenters. The van der Waals surface area contributed by atoms with Crippen molar-refractivity contribution in [2.75, 3.05) is 20.7 Å². The molecule has 0 aliphatic carbocycles. The van der Waals surface area contributed by atoms with Crippen molar-refractivity contribution < 1.29 is 19.7 Å². The number of aliphatic imine (C=N–C) groups is 1. The van der Waals surface area contributed by atoms with Gasteiger partial charge >= 0.3 is 5.97 Å². The van der Waals surface area contributed by atoms with E-state index in [0.29, 0.717) is 40.0 Å². The van der Waals surface area contributed by atoms with E-state index in [2.05, 4.69) is 4.98 Å². The van der Waals surface area contributed by atoms with Gasteiger partial charge in [0.05, 0.1) is 29.1 Å². The molecule has 0 fully saturated rings. The van der Waals surface area contributed by atoms with Gasteiger partial charge in [0.2, 0.25) is 0 Å². The Hall–Kier alpha value is -4.10. The minimum Gasteiger partial charge on any atom is -0.508 e. The number of hydrogen-bond acceptors (Lipinski definition) is 6. The zero-order valence-corrected chi connectivity index (χ0v) is 19.4. The van der Waals surface area contributed by atoms with Gasteiger partial charge in [0.1, 0.15) is 5.75 Å². The molecule has 0 aliphatic rings. The molecule has 4 aromatic rings. The van der Waals surface area contributed by atoms with Crippen LogP contribution in [0, 0.1) is 0 Å². The molecule has 1 heterocycles. The molecule has 1 aromatic heterocycles. The van der Waals surface area contributed by atoms with Gasteiger partial charge in [-0.3, -0.25) is 0 Å². The fraction of sp³-hybridized carbons (Fsp3) is 0.185. The summed E-state index contributed by atoms with van der Waals surface area (Å²) in [4.78, 5) is 21.9. The Kier molecular flexibility index (Phi) is 6.65. The van der Waals surface area contributed by atoms with Gasteiger partial charge in [0, 0.05) is 34.6 Å². The Bertz CT molecular complexity index is 1360. The van der Waals surface area contributed by atoms with Crippen LogP contribution < -0.4 is 0 Å². The summed E-state index contributed by atoms with van der Waals surface area (Å²) in [6, 6.07) is 19.9. The topological polar surface area (TPSA) is 98.2 Å². The van der Waals surface area contributed by atoms with Crippen molar-refractivity contribution in [3.63, 3.8) is 0 Å². The molecule has 0 bridgehead atoms. The van der Waals surface area contributed by atoms with E-state index in [1.54, 1.807) is 31.2 Å². The Morgan fingerprint density at radius 1 is 1.00 bits per heavy atom. The van der Waals surface area contributed by atoms with Gasteiger partial charge in [-0.05, 0) is 39.2 Å². The van der Waals surface area contributed by atoms with Gasteiger partial charge < -0.3 is 24.8 Å². The van der Waals surface area contributed by atoms with Crippen LogP contribution in [0.4, 0.5) is 5.69 Å². The summed E-state index contributed by atoms with van der Waals surface area (Å²) in [5.41, 5.74) is 4.17. The molecular formula is C27H27N3O4. The maximum absolute atomic E-state index is 12.2. The van der Waals surface area contributed by atoms with E-state index >= 15 is 0 Å². The molecule has 0 amide bonds. The van der Waals surface area contributed by atoms with E-state index in [0.717, 1.165) is 11.1 Å². The number of rotatable bonds is 7. The van der Waals surface area contributed by atoms with Crippen molar-refractivity contribution >= 4 is 28.3 Å². The van der Waals surface area contributed by atoms with Crippen LogP contribution in [-0.4, -0.2) is 52.5 Å². The number of carbonyl (C=O) groups excluding carboxylic acids is 1. The Labute approximate surface area is 198 Å². The Morgan fingerprint density at radius 3 is 2.44 bits per heavy atom. The summed E-state index contributed by atoms with van der Waals surface area (Å²) >= 11 is 0. The number of fused-ring (bicyclic) bond motifs is 1. The highest BCUT2D eigenvalue weighted by molar-refractivity contribution is 6.22. The van der Waals surface area contributed by atoms with Crippen LogP contribution in [0.5, 0.6) is 11.6 Å². The summed E-state index contributed by atoms with van der Waals surface area (Å²) in [6.07, 6.45) is 0. The number of hydrogen-bond donors (Lipinski definition) is 3. The molecule has 4 rings (SSSR count). The molecule has 174 valence electrons. The lowest BCUT2D eigenvalue weighted by atomic mass is 10.00. The van der Waals surface area contributed by atoms with Crippen molar-refractivity contribution in [2.24, 2.45) is 4.99 Å². The summed E-state index contributed by atoms with van der Waals surface area (Å²) in [5.74, 6) is -0.332. The molecule has 3 aromatic carbocycles. The molecular weight excluding hydrogens is 430 g/mol. The molecule has 0 saturated carbocycles. The maximum atomic E-state index is 12.2. The number of ether oxygens (including phenoxy) is 1. The van der Waals surface area contributed by atoms with Crippen molar-refractivity contribution in [1.82, 2.24) is 9.88 Å². The summed E-state index contributed by atoms with van der Waals surface area (Å²) in [5, 5.41) is 22.1. The van der Waals surface area contributed by atoms with E-state index in [1.807, 2.05) is 61.5 Å². The average Bonchev–Trinajstić information content (AvgIpc) is 3.14. The third-order valence-corrected chi connectivity index (χ3v) is 5.37. The lowest BCUT2D eigenvalue weighted by Gasteiger charge is -2.12. The molecule has 3 N–H and O–H groups in total. The lowest BCUT2D eigenvalue weighted by Crippen LogP contribution is -2.10. The standard InChI is InChI=1S/C27H27N3O4/c1-4-34-27(33)18-11-13-21-22(14-18)29-26(32)24(21)25(17-8-6-5-7-9-17)28-20-12-10-19(16-30(2)3)23(31)15-20/h5-15,29,31-32H,4,16H2,1-3H3. The van der Waals surface area contributed by atoms with Crippen molar-refractivity contribution in [1.29, 1.82) is 0 Å². The number of aromatic nitrogens is 1. The van der Waals surface area contributed by atoms with Crippen LogP contribution in [0.2, 0.25) is 0 Å². The van der Waals surface area contributed by atoms with E-state index in [9.17, 15) is 15.0 Å². The van der Waals surface area contributed by atoms with Gasteiger partial charge in [0.25, 0.3) is 0 Å². The minimum absolute atomic E-state index is 0.0629.